The van der Waals surface area contributed by atoms with Crippen LogP contribution in [0.3, 0.4) is 0 Å². The van der Waals surface area contributed by atoms with E-state index < -0.39 is 6.04 Å². The molecule has 0 aromatic heterocycles. The zero-order chi connectivity index (χ0) is 9.68. The van der Waals surface area contributed by atoms with Crippen LogP contribution in [0.15, 0.2) is 30.3 Å². The molecular weight excluding hydrogens is 170 g/mol. The van der Waals surface area contributed by atoms with Crippen molar-refractivity contribution in [1.82, 2.24) is 5.23 Å². The van der Waals surface area contributed by atoms with Gasteiger partial charge in [0.1, 0.15) is 12.3 Å². The van der Waals surface area contributed by atoms with Crippen molar-refractivity contribution < 1.29 is 15.2 Å². The Morgan fingerprint density at radius 3 is 2.38 bits per heavy atom. The number of benzene rings is 1. The van der Waals surface area contributed by atoms with E-state index in [9.17, 15) is 4.79 Å². The zero-order valence-corrected chi connectivity index (χ0v) is 7.00. The Bertz CT molecular complexity index is 261. The summed E-state index contributed by atoms with van der Waals surface area (Å²) in [6.07, 6.45) is 0.782. The highest BCUT2D eigenvalue weighted by molar-refractivity contribution is 5.57. The molecule has 4 nitrogen and oxygen atoms in total. The van der Waals surface area contributed by atoms with Crippen molar-refractivity contribution in [3.8, 4) is 0 Å². The average molecular weight is 181 g/mol. The topological polar surface area (TPSA) is 60.8 Å². The molecule has 0 aliphatic carbocycles. The lowest BCUT2D eigenvalue weighted by Gasteiger charge is -2.13. The Morgan fingerprint density at radius 2 is 1.92 bits per heavy atom. The summed E-state index contributed by atoms with van der Waals surface area (Å²) >= 11 is 0. The van der Waals surface area contributed by atoms with Gasteiger partial charge in [0, 0.05) is 0 Å². The first-order valence-electron chi connectivity index (χ1n) is 3.90. The number of aldehydes is 1. The zero-order valence-electron chi connectivity index (χ0n) is 7.00. The molecule has 4 heteroatoms. The summed E-state index contributed by atoms with van der Waals surface area (Å²) in [6.45, 7) is 0. The van der Waals surface area contributed by atoms with Crippen molar-refractivity contribution in [2.45, 2.75) is 12.5 Å². The van der Waals surface area contributed by atoms with E-state index in [2.05, 4.69) is 0 Å². The van der Waals surface area contributed by atoms with Crippen LogP contribution >= 0.6 is 0 Å². The van der Waals surface area contributed by atoms with Crippen LogP contribution < -0.4 is 0 Å². The number of carbonyl (C=O) groups is 1. The lowest BCUT2D eigenvalue weighted by atomic mass is 10.1. The van der Waals surface area contributed by atoms with Gasteiger partial charge >= 0.3 is 0 Å². The van der Waals surface area contributed by atoms with Crippen LogP contribution in [-0.4, -0.2) is 28.0 Å². The Labute approximate surface area is 75.9 Å². The summed E-state index contributed by atoms with van der Waals surface area (Å²) in [7, 11) is 0. The molecule has 0 saturated carbocycles. The van der Waals surface area contributed by atoms with Crippen molar-refractivity contribution in [2.24, 2.45) is 0 Å². The van der Waals surface area contributed by atoms with Gasteiger partial charge in [-0.05, 0) is 12.0 Å². The van der Waals surface area contributed by atoms with Crippen LogP contribution in [0.5, 0.6) is 0 Å². The van der Waals surface area contributed by atoms with Gasteiger partial charge in [0.25, 0.3) is 0 Å². The second kappa shape index (κ2) is 4.71. The fourth-order valence-corrected chi connectivity index (χ4v) is 1.04. The first-order chi connectivity index (χ1) is 6.24. The van der Waals surface area contributed by atoms with Gasteiger partial charge in [0.15, 0.2) is 0 Å². The minimum absolute atomic E-state index is 0.0694. The highest BCUT2D eigenvalue weighted by Crippen LogP contribution is 2.04. The Balaban J connectivity index is 2.62. The van der Waals surface area contributed by atoms with Crippen LogP contribution in [0.1, 0.15) is 5.56 Å². The number of hydroxylamine groups is 2. The minimum Gasteiger partial charge on any atom is -0.301 e. The molecule has 0 radical (unpaired) electrons. The summed E-state index contributed by atoms with van der Waals surface area (Å²) in [5.74, 6) is 0. The summed E-state index contributed by atoms with van der Waals surface area (Å²) in [5, 5.41) is 17.2. The maximum Gasteiger partial charge on any atom is 0.142 e. The molecule has 0 saturated heterocycles. The normalized spacial score (nSPS) is 12.8. The van der Waals surface area contributed by atoms with E-state index in [1.807, 2.05) is 30.3 Å². The van der Waals surface area contributed by atoms with Crippen LogP contribution in [0, 0.1) is 0 Å². The molecule has 0 unspecified atom stereocenters. The van der Waals surface area contributed by atoms with Gasteiger partial charge < -0.3 is 4.79 Å². The van der Waals surface area contributed by atoms with Crippen molar-refractivity contribution in [3.05, 3.63) is 35.9 Å². The van der Waals surface area contributed by atoms with Gasteiger partial charge in [-0.15, -0.1) is 0 Å². The molecule has 70 valence electrons. The molecule has 2 N–H and O–H groups in total. The van der Waals surface area contributed by atoms with Gasteiger partial charge in [0.05, 0.1) is 0 Å². The van der Waals surface area contributed by atoms with E-state index in [1.54, 1.807) is 0 Å². The lowest BCUT2D eigenvalue weighted by Crippen LogP contribution is -2.32. The maximum absolute atomic E-state index is 10.4. The summed E-state index contributed by atoms with van der Waals surface area (Å²) in [5.41, 5.74) is 0.882. The van der Waals surface area contributed by atoms with Crippen molar-refractivity contribution >= 4 is 6.29 Å². The highest BCUT2D eigenvalue weighted by atomic mass is 16.8. The van der Waals surface area contributed by atoms with Crippen LogP contribution in [0.4, 0.5) is 0 Å². The van der Waals surface area contributed by atoms with E-state index in [0.29, 0.717) is 6.29 Å². The standard InChI is InChI=1S/C9H11NO3/c11-7-9(10(12)13)6-8-4-2-1-3-5-8/h1-5,7,9,12-13H,6H2/t9-/m0/s1. The Hall–Kier alpha value is -1.23. The molecule has 0 aliphatic heterocycles. The maximum atomic E-state index is 10.4. The van der Waals surface area contributed by atoms with Gasteiger partial charge in [-0.2, -0.15) is 0 Å². The summed E-state index contributed by atoms with van der Waals surface area (Å²) in [4.78, 5) is 10.4. The monoisotopic (exact) mass is 181 g/mol. The van der Waals surface area contributed by atoms with Gasteiger partial charge in [0.2, 0.25) is 0 Å². The van der Waals surface area contributed by atoms with E-state index >= 15 is 0 Å². The highest BCUT2D eigenvalue weighted by Gasteiger charge is 2.13. The quantitative estimate of drug-likeness (QED) is 0.534. The molecule has 0 spiro atoms. The van der Waals surface area contributed by atoms with Gasteiger partial charge in [-0.1, -0.05) is 35.6 Å². The predicted octanol–water partition coefficient (Wildman–Crippen LogP) is 0.877. The fourth-order valence-electron chi connectivity index (χ4n) is 1.04. The molecule has 1 rings (SSSR count). The predicted molar refractivity (Wildman–Crippen MR) is 45.4 cm³/mol. The van der Waals surface area contributed by atoms with E-state index in [4.69, 9.17) is 10.4 Å². The SMILES string of the molecule is O=C[C@H](Cc1ccccc1)N(O)O. The second-order valence-corrected chi connectivity index (χ2v) is 2.71. The average Bonchev–Trinajstić information content (AvgIpc) is 2.15. The Morgan fingerprint density at radius 1 is 1.31 bits per heavy atom. The van der Waals surface area contributed by atoms with E-state index in [-0.39, 0.29) is 11.6 Å². The molecule has 1 aromatic carbocycles. The molecule has 0 heterocycles. The number of rotatable bonds is 4. The number of nitrogens with zero attached hydrogens (tertiary/aromatic N) is 1. The van der Waals surface area contributed by atoms with Crippen molar-refractivity contribution in [2.75, 3.05) is 0 Å². The molecule has 0 fully saturated rings. The molecular formula is C9H11NO3. The third kappa shape index (κ3) is 2.95. The summed E-state index contributed by atoms with van der Waals surface area (Å²) < 4.78 is 0. The van der Waals surface area contributed by atoms with E-state index in [0.717, 1.165) is 5.56 Å². The lowest BCUT2D eigenvalue weighted by molar-refractivity contribution is -0.322. The molecule has 13 heavy (non-hydrogen) atoms. The summed E-state index contributed by atoms with van der Waals surface area (Å²) in [6, 6.07) is 8.25. The minimum atomic E-state index is -0.901. The van der Waals surface area contributed by atoms with Crippen LogP contribution in [-0.2, 0) is 11.2 Å². The van der Waals surface area contributed by atoms with Crippen molar-refractivity contribution in [1.29, 1.82) is 0 Å². The molecule has 1 atom stereocenters. The van der Waals surface area contributed by atoms with Crippen molar-refractivity contribution in [3.63, 3.8) is 0 Å². The van der Waals surface area contributed by atoms with Gasteiger partial charge in [-0.25, -0.2) is 0 Å². The fraction of sp³-hybridized carbons (Fsp3) is 0.222. The number of hydrogen-bond acceptors (Lipinski definition) is 4. The molecule has 0 aliphatic rings. The van der Waals surface area contributed by atoms with E-state index in [1.165, 1.54) is 0 Å². The number of hydrogen-bond donors (Lipinski definition) is 2. The van der Waals surface area contributed by atoms with Crippen LogP contribution in [0.25, 0.3) is 0 Å². The smallest absolute Gasteiger partial charge is 0.142 e. The second-order valence-electron chi connectivity index (χ2n) is 2.71. The number of carbonyl (C=O) groups excluding carboxylic acids is 1. The largest absolute Gasteiger partial charge is 0.301 e. The first kappa shape index (κ1) is 9.85. The third-order valence-electron chi connectivity index (χ3n) is 1.74. The molecule has 0 bridgehead atoms. The molecule has 0 amide bonds. The first-order valence-corrected chi connectivity index (χ1v) is 3.90. The third-order valence-corrected chi connectivity index (χ3v) is 1.74. The Kier molecular flexibility index (Phi) is 3.57. The molecule has 1 aromatic rings. The van der Waals surface area contributed by atoms with Crippen LogP contribution in [0.2, 0.25) is 0 Å². The van der Waals surface area contributed by atoms with Gasteiger partial charge in [-0.3, -0.25) is 10.4 Å².